The molecule has 0 amide bonds. The fraction of sp³-hybridized carbons (Fsp3) is 0.400. The van der Waals surface area contributed by atoms with Crippen molar-refractivity contribution in [2.45, 2.75) is 12.1 Å². The predicted octanol–water partition coefficient (Wildman–Crippen LogP) is -0.0583. The molecule has 2 atom stereocenters. The average molecular weight is 269 g/mol. The van der Waals surface area contributed by atoms with Gasteiger partial charge in [0.15, 0.2) is 14.9 Å². The maximum atomic E-state index is 11.6. The minimum Gasteiger partial charge on any atom is -0.356 e. The lowest BCUT2D eigenvalue weighted by molar-refractivity contribution is 0.600. The van der Waals surface area contributed by atoms with Gasteiger partial charge in [0.25, 0.3) is 0 Å². The Morgan fingerprint density at radius 1 is 1.41 bits per heavy atom. The van der Waals surface area contributed by atoms with Gasteiger partial charge in [-0.3, -0.25) is 4.90 Å². The summed E-state index contributed by atoms with van der Waals surface area (Å²) in [6, 6.07) is 5.29. The second-order valence-electron chi connectivity index (χ2n) is 4.26. The maximum Gasteiger partial charge on any atom is 0.175 e. The Labute approximate surface area is 105 Å². The molecule has 2 fully saturated rings. The summed E-state index contributed by atoms with van der Waals surface area (Å²) in [6.45, 7) is 0. The molecule has 90 valence electrons. The van der Waals surface area contributed by atoms with Crippen molar-refractivity contribution in [2.75, 3.05) is 16.4 Å². The molecule has 0 aliphatic carbocycles. The number of sulfone groups is 1. The topological polar surface area (TPSA) is 62.3 Å². The molecule has 0 saturated carbocycles. The lowest BCUT2D eigenvalue weighted by Crippen LogP contribution is -2.37. The largest absolute Gasteiger partial charge is 0.356 e. The van der Waals surface area contributed by atoms with Crippen LogP contribution < -0.4 is 10.2 Å². The van der Waals surface area contributed by atoms with Crippen LogP contribution in [-0.4, -0.2) is 42.1 Å². The molecular formula is C10H11N3O2S2. The molecule has 5 nitrogen and oxygen atoms in total. The number of pyridine rings is 1. The standard InChI is InChI=1S/C10H11N3O2S2/c14-17(15)5-7-8(6-17)13(10(16)12-7)9-3-1-2-4-11-9/h1-4,7-8H,5-6H2,(H,12,16)/t7-,8+/m1/s1. The number of hydrogen-bond donors (Lipinski definition) is 1. The van der Waals surface area contributed by atoms with Crippen molar-refractivity contribution in [1.29, 1.82) is 0 Å². The Morgan fingerprint density at radius 3 is 2.94 bits per heavy atom. The summed E-state index contributed by atoms with van der Waals surface area (Å²) in [5.41, 5.74) is 0. The molecule has 3 rings (SSSR count). The Bertz CT molecular complexity index is 558. The van der Waals surface area contributed by atoms with Crippen LogP contribution in [0.15, 0.2) is 24.4 Å². The fourth-order valence-electron chi connectivity index (χ4n) is 2.37. The van der Waals surface area contributed by atoms with E-state index < -0.39 is 9.84 Å². The molecule has 17 heavy (non-hydrogen) atoms. The third kappa shape index (κ3) is 1.79. The van der Waals surface area contributed by atoms with Gasteiger partial charge in [-0.1, -0.05) is 6.07 Å². The van der Waals surface area contributed by atoms with Gasteiger partial charge in [-0.15, -0.1) is 0 Å². The number of nitrogens with one attached hydrogen (secondary N) is 1. The predicted molar refractivity (Wildman–Crippen MR) is 68.7 cm³/mol. The van der Waals surface area contributed by atoms with Gasteiger partial charge in [-0.25, -0.2) is 13.4 Å². The first kappa shape index (κ1) is 10.9. The Hall–Kier alpha value is -1.21. The maximum absolute atomic E-state index is 11.6. The van der Waals surface area contributed by atoms with Gasteiger partial charge in [-0.05, 0) is 24.4 Å². The van der Waals surface area contributed by atoms with E-state index >= 15 is 0 Å². The average Bonchev–Trinajstić information content (AvgIpc) is 2.69. The minimum absolute atomic E-state index is 0.102. The zero-order chi connectivity index (χ0) is 12.0. The second-order valence-corrected chi connectivity index (χ2v) is 6.80. The highest BCUT2D eigenvalue weighted by Gasteiger charge is 2.47. The normalized spacial score (nSPS) is 30.1. The first-order chi connectivity index (χ1) is 8.07. The summed E-state index contributed by atoms with van der Waals surface area (Å²) >= 11 is 5.23. The van der Waals surface area contributed by atoms with Crippen molar-refractivity contribution in [2.24, 2.45) is 0 Å². The summed E-state index contributed by atoms with van der Waals surface area (Å²) in [5, 5.41) is 3.62. The minimum atomic E-state index is -2.96. The highest BCUT2D eigenvalue weighted by molar-refractivity contribution is 7.91. The van der Waals surface area contributed by atoms with E-state index in [4.69, 9.17) is 12.2 Å². The van der Waals surface area contributed by atoms with E-state index in [1.807, 2.05) is 23.1 Å². The zero-order valence-electron chi connectivity index (χ0n) is 8.91. The molecule has 1 aromatic rings. The van der Waals surface area contributed by atoms with Crippen molar-refractivity contribution >= 4 is 33.0 Å². The van der Waals surface area contributed by atoms with Crippen LogP contribution in [0.5, 0.6) is 0 Å². The Morgan fingerprint density at radius 2 is 2.24 bits per heavy atom. The zero-order valence-corrected chi connectivity index (χ0v) is 10.5. The van der Waals surface area contributed by atoms with Gasteiger partial charge in [-0.2, -0.15) is 0 Å². The van der Waals surface area contributed by atoms with Crippen LogP contribution in [0.3, 0.4) is 0 Å². The number of anilines is 1. The Kier molecular flexibility index (Phi) is 2.34. The molecule has 2 saturated heterocycles. The van der Waals surface area contributed by atoms with Gasteiger partial charge in [0, 0.05) is 6.20 Å². The molecule has 1 N–H and O–H groups in total. The van der Waals surface area contributed by atoms with E-state index in [9.17, 15) is 8.42 Å². The fourth-order valence-corrected chi connectivity index (χ4v) is 4.64. The van der Waals surface area contributed by atoms with Crippen LogP contribution in [0.25, 0.3) is 0 Å². The molecular weight excluding hydrogens is 258 g/mol. The van der Waals surface area contributed by atoms with Crippen LogP contribution in [0.2, 0.25) is 0 Å². The highest BCUT2D eigenvalue weighted by atomic mass is 32.2. The third-order valence-electron chi connectivity index (χ3n) is 3.08. The number of rotatable bonds is 1. The summed E-state index contributed by atoms with van der Waals surface area (Å²) in [6.07, 6.45) is 1.68. The SMILES string of the molecule is O=S1(=O)C[C@H]2NC(=S)N(c3ccccn3)[C@H]2C1. The molecule has 0 aromatic carbocycles. The number of nitrogens with zero attached hydrogens (tertiary/aromatic N) is 2. The first-order valence-corrected chi connectivity index (χ1v) is 7.51. The van der Waals surface area contributed by atoms with Crippen molar-refractivity contribution in [3.63, 3.8) is 0 Å². The third-order valence-corrected chi connectivity index (χ3v) is 5.11. The highest BCUT2D eigenvalue weighted by Crippen LogP contribution is 2.27. The summed E-state index contributed by atoms with van der Waals surface area (Å²) < 4.78 is 23.2. The summed E-state index contributed by atoms with van der Waals surface area (Å²) in [4.78, 5) is 6.03. The van der Waals surface area contributed by atoms with Crippen molar-refractivity contribution in [3.05, 3.63) is 24.4 Å². The molecule has 3 heterocycles. The van der Waals surface area contributed by atoms with Crippen LogP contribution >= 0.6 is 12.2 Å². The summed E-state index contributed by atoms with van der Waals surface area (Å²) in [7, 11) is -2.96. The van der Waals surface area contributed by atoms with E-state index in [1.54, 1.807) is 6.20 Å². The molecule has 0 unspecified atom stereocenters. The smallest absolute Gasteiger partial charge is 0.175 e. The van der Waals surface area contributed by atoms with Gasteiger partial charge >= 0.3 is 0 Å². The Balaban J connectivity index is 1.98. The lowest BCUT2D eigenvalue weighted by atomic mass is 10.2. The van der Waals surface area contributed by atoms with Gasteiger partial charge in [0.2, 0.25) is 0 Å². The van der Waals surface area contributed by atoms with Crippen molar-refractivity contribution in [3.8, 4) is 0 Å². The lowest BCUT2D eigenvalue weighted by Gasteiger charge is -2.21. The molecule has 0 bridgehead atoms. The number of thiocarbonyl (C=S) groups is 1. The first-order valence-electron chi connectivity index (χ1n) is 5.28. The van der Waals surface area contributed by atoms with E-state index in [-0.39, 0.29) is 23.6 Å². The molecule has 7 heteroatoms. The van der Waals surface area contributed by atoms with Crippen LogP contribution in [0, 0.1) is 0 Å². The van der Waals surface area contributed by atoms with E-state index in [0.29, 0.717) is 10.9 Å². The van der Waals surface area contributed by atoms with Crippen molar-refractivity contribution < 1.29 is 8.42 Å². The monoisotopic (exact) mass is 269 g/mol. The van der Waals surface area contributed by atoms with Gasteiger partial charge < -0.3 is 5.32 Å². The second kappa shape index (κ2) is 3.64. The van der Waals surface area contributed by atoms with Crippen molar-refractivity contribution in [1.82, 2.24) is 10.3 Å². The van der Waals surface area contributed by atoms with E-state index in [0.717, 1.165) is 0 Å². The van der Waals surface area contributed by atoms with Crippen LogP contribution in [0.4, 0.5) is 5.82 Å². The molecule has 2 aliphatic rings. The van der Waals surface area contributed by atoms with E-state index in [2.05, 4.69) is 10.3 Å². The molecule has 0 radical (unpaired) electrons. The number of aromatic nitrogens is 1. The molecule has 0 spiro atoms. The molecule has 1 aromatic heterocycles. The van der Waals surface area contributed by atoms with E-state index in [1.165, 1.54) is 0 Å². The number of hydrogen-bond acceptors (Lipinski definition) is 4. The number of fused-ring (bicyclic) bond motifs is 1. The van der Waals surface area contributed by atoms with Crippen LogP contribution in [0.1, 0.15) is 0 Å². The van der Waals surface area contributed by atoms with Gasteiger partial charge in [0.1, 0.15) is 5.82 Å². The summed E-state index contributed by atoms with van der Waals surface area (Å²) in [5.74, 6) is 0.998. The van der Waals surface area contributed by atoms with Gasteiger partial charge in [0.05, 0.1) is 23.6 Å². The van der Waals surface area contributed by atoms with Crippen LogP contribution in [-0.2, 0) is 9.84 Å². The quantitative estimate of drug-likeness (QED) is 0.721. The molecule has 2 aliphatic heterocycles.